The third-order valence-corrected chi connectivity index (χ3v) is 5.91. The van der Waals surface area contributed by atoms with Crippen LogP contribution in [0.3, 0.4) is 0 Å². The third kappa shape index (κ3) is 3.95. The maximum atomic E-state index is 12.5. The van der Waals surface area contributed by atoms with E-state index >= 15 is 0 Å². The predicted octanol–water partition coefficient (Wildman–Crippen LogP) is 4.29. The lowest BCUT2D eigenvalue weighted by molar-refractivity contribution is 0.172. The van der Waals surface area contributed by atoms with Gasteiger partial charge < -0.3 is 24.7 Å². The van der Waals surface area contributed by atoms with Gasteiger partial charge in [0.2, 0.25) is 0 Å². The van der Waals surface area contributed by atoms with Gasteiger partial charge in [-0.1, -0.05) is 12.8 Å². The van der Waals surface area contributed by atoms with Gasteiger partial charge in [0.25, 0.3) is 5.56 Å². The summed E-state index contributed by atoms with van der Waals surface area (Å²) in [6, 6.07) is 14.2. The van der Waals surface area contributed by atoms with Gasteiger partial charge in [-0.2, -0.15) is 0 Å². The van der Waals surface area contributed by atoms with E-state index in [9.17, 15) is 4.79 Å². The van der Waals surface area contributed by atoms with E-state index in [4.69, 9.17) is 9.47 Å². The monoisotopic (exact) mass is 405 g/mol. The second-order valence-corrected chi connectivity index (χ2v) is 8.01. The quantitative estimate of drug-likeness (QED) is 0.678. The minimum Gasteiger partial charge on any atom is -0.486 e. The average Bonchev–Trinajstić information content (AvgIpc) is 3.06. The van der Waals surface area contributed by atoms with Crippen molar-refractivity contribution in [2.75, 3.05) is 36.5 Å². The molecule has 2 aromatic carbocycles. The maximum Gasteiger partial charge on any atom is 0.253 e. The molecule has 5 rings (SSSR count). The van der Waals surface area contributed by atoms with Crippen LogP contribution in [0.4, 0.5) is 11.4 Å². The van der Waals surface area contributed by atoms with Crippen LogP contribution in [0.1, 0.15) is 31.2 Å². The lowest BCUT2D eigenvalue weighted by Gasteiger charge is -2.23. The minimum absolute atomic E-state index is 0.0899. The molecule has 6 heteroatoms. The summed E-state index contributed by atoms with van der Waals surface area (Å²) < 4.78 is 11.3. The molecule has 0 spiro atoms. The number of ether oxygens (including phenoxy) is 2. The van der Waals surface area contributed by atoms with Crippen LogP contribution in [0.15, 0.2) is 47.3 Å². The second-order valence-electron chi connectivity index (χ2n) is 8.01. The number of aromatic nitrogens is 1. The SMILES string of the molecule is O=c1[nH]c2cc3c(cc2cc1CNc1ccc(N2CCCCCC2)cc1)OCCO3. The summed E-state index contributed by atoms with van der Waals surface area (Å²) in [5, 5.41) is 4.31. The topological polar surface area (TPSA) is 66.6 Å². The summed E-state index contributed by atoms with van der Waals surface area (Å²) in [7, 11) is 0. The molecule has 1 saturated heterocycles. The zero-order chi connectivity index (χ0) is 20.3. The molecule has 2 aliphatic rings. The Hall–Kier alpha value is -3.15. The maximum absolute atomic E-state index is 12.5. The molecule has 3 aromatic rings. The molecule has 0 atom stereocenters. The number of benzene rings is 2. The molecule has 156 valence electrons. The first-order chi connectivity index (χ1) is 14.8. The van der Waals surface area contributed by atoms with E-state index in [0.29, 0.717) is 31.1 Å². The number of anilines is 2. The van der Waals surface area contributed by atoms with E-state index in [1.165, 1.54) is 31.4 Å². The number of H-pyrrole nitrogens is 1. The van der Waals surface area contributed by atoms with Crippen LogP contribution in [-0.2, 0) is 6.54 Å². The molecule has 1 aromatic heterocycles. The van der Waals surface area contributed by atoms with Crippen molar-refractivity contribution in [1.82, 2.24) is 4.98 Å². The van der Waals surface area contributed by atoms with Crippen molar-refractivity contribution in [3.8, 4) is 11.5 Å². The van der Waals surface area contributed by atoms with Crippen LogP contribution in [0, 0.1) is 0 Å². The van der Waals surface area contributed by atoms with Gasteiger partial charge in [-0.15, -0.1) is 0 Å². The van der Waals surface area contributed by atoms with E-state index in [-0.39, 0.29) is 5.56 Å². The first kappa shape index (κ1) is 18.9. The fourth-order valence-corrected chi connectivity index (χ4v) is 4.24. The number of pyridine rings is 1. The van der Waals surface area contributed by atoms with E-state index in [1.54, 1.807) is 0 Å². The summed E-state index contributed by atoms with van der Waals surface area (Å²) in [4.78, 5) is 18.0. The lowest BCUT2D eigenvalue weighted by atomic mass is 10.1. The van der Waals surface area contributed by atoms with Crippen molar-refractivity contribution in [3.05, 3.63) is 58.4 Å². The van der Waals surface area contributed by atoms with Gasteiger partial charge in [0.1, 0.15) is 13.2 Å². The predicted molar refractivity (Wildman–Crippen MR) is 120 cm³/mol. The van der Waals surface area contributed by atoms with Gasteiger partial charge in [-0.3, -0.25) is 4.79 Å². The number of nitrogens with zero attached hydrogens (tertiary/aromatic N) is 1. The van der Waals surface area contributed by atoms with Gasteiger partial charge in [-0.05, 0) is 49.2 Å². The van der Waals surface area contributed by atoms with Crippen LogP contribution in [0.25, 0.3) is 10.9 Å². The Balaban J connectivity index is 1.30. The van der Waals surface area contributed by atoms with Gasteiger partial charge in [0.05, 0.1) is 5.52 Å². The molecule has 0 amide bonds. The molecule has 6 nitrogen and oxygen atoms in total. The highest BCUT2D eigenvalue weighted by atomic mass is 16.6. The fraction of sp³-hybridized carbons (Fsp3) is 0.375. The smallest absolute Gasteiger partial charge is 0.253 e. The van der Waals surface area contributed by atoms with Crippen LogP contribution >= 0.6 is 0 Å². The van der Waals surface area contributed by atoms with E-state index in [0.717, 1.165) is 35.4 Å². The van der Waals surface area contributed by atoms with E-state index in [1.807, 2.05) is 18.2 Å². The van der Waals surface area contributed by atoms with Crippen molar-refractivity contribution in [2.24, 2.45) is 0 Å². The number of rotatable bonds is 4. The molecular formula is C24H27N3O3. The number of nitrogens with one attached hydrogen (secondary N) is 2. The standard InChI is InChI=1S/C24H27N3O3/c28-24-18(13-17-14-22-23(15-21(17)26-24)30-12-11-29-22)16-25-19-5-7-20(8-6-19)27-9-3-1-2-4-10-27/h5-8,13-15,25H,1-4,9-12,16H2,(H,26,28). The highest BCUT2D eigenvalue weighted by Gasteiger charge is 2.14. The van der Waals surface area contributed by atoms with Crippen LogP contribution in [0.5, 0.6) is 11.5 Å². The summed E-state index contributed by atoms with van der Waals surface area (Å²) in [6.07, 6.45) is 5.20. The van der Waals surface area contributed by atoms with Crippen molar-refractivity contribution >= 4 is 22.3 Å². The highest BCUT2D eigenvalue weighted by molar-refractivity contribution is 5.83. The van der Waals surface area contributed by atoms with Gasteiger partial charge in [0, 0.05) is 48.0 Å². The summed E-state index contributed by atoms with van der Waals surface area (Å²) in [6.45, 7) is 3.81. The number of aromatic amines is 1. The fourth-order valence-electron chi connectivity index (χ4n) is 4.24. The first-order valence-electron chi connectivity index (χ1n) is 10.8. The Morgan fingerprint density at radius 1 is 0.900 bits per heavy atom. The number of fused-ring (bicyclic) bond motifs is 2. The van der Waals surface area contributed by atoms with Gasteiger partial charge in [-0.25, -0.2) is 0 Å². The molecule has 0 unspecified atom stereocenters. The molecule has 2 aliphatic heterocycles. The van der Waals surface area contributed by atoms with Crippen molar-refractivity contribution in [2.45, 2.75) is 32.2 Å². The Labute approximate surface area is 175 Å². The summed E-state index contributed by atoms with van der Waals surface area (Å²) in [5.41, 5.74) is 3.65. The third-order valence-electron chi connectivity index (χ3n) is 5.91. The lowest BCUT2D eigenvalue weighted by Crippen LogP contribution is -2.23. The minimum atomic E-state index is -0.0899. The van der Waals surface area contributed by atoms with Gasteiger partial charge in [0.15, 0.2) is 11.5 Å². The molecule has 3 heterocycles. The van der Waals surface area contributed by atoms with Crippen molar-refractivity contribution in [3.63, 3.8) is 0 Å². The Bertz CT molecular complexity index is 1080. The molecular weight excluding hydrogens is 378 g/mol. The van der Waals surface area contributed by atoms with Crippen molar-refractivity contribution in [1.29, 1.82) is 0 Å². The number of hydrogen-bond acceptors (Lipinski definition) is 5. The molecule has 0 saturated carbocycles. The van der Waals surface area contributed by atoms with Crippen molar-refractivity contribution < 1.29 is 9.47 Å². The normalized spacial score (nSPS) is 16.3. The zero-order valence-corrected chi connectivity index (χ0v) is 17.1. The Kier molecular flexibility index (Phi) is 5.22. The molecule has 30 heavy (non-hydrogen) atoms. The average molecular weight is 405 g/mol. The Morgan fingerprint density at radius 2 is 1.60 bits per heavy atom. The number of hydrogen-bond donors (Lipinski definition) is 2. The summed E-state index contributed by atoms with van der Waals surface area (Å²) in [5.74, 6) is 1.41. The Morgan fingerprint density at radius 3 is 2.33 bits per heavy atom. The molecule has 1 fully saturated rings. The zero-order valence-electron chi connectivity index (χ0n) is 17.1. The van der Waals surface area contributed by atoms with Gasteiger partial charge >= 0.3 is 0 Å². The molecule has 0 radical (unpaired) electrons. The summed E-state index contributed by atoms with van der Waals surface area (Å²) >= 11 is 0. The highest BCUT2D eigenvalue weighted by Crippen LogP contribution is 2.33. The molecule has 2 N–H and O–H groups in total. The van der Waals surface area contributed by atoms with Crippen LogP contribution in [-0.4, -0.2) is 31.3 Å². The molecule has 0 bridgehead atoms. The largest absolute Gasteiger partial charge is 0.486 e. The van der Waals surface area contributed by atoms with Crippen LogP contribution in [0.2, 0.25) is 0 Å². The van der Waals surface area contributed by atoms with E-state index in [2.05, 4.69) is 39.5 Å². The molecule has 0 aliphatic carbocycles. The second kappa shape index (κ2) is 8.30. The van der Waals surface area contributed by atoms with E-state index < -0.39 is 0 Å². The first-order valence-corrected chi connectivity index (χ1v) is 10.8. The van der Waals surface area contributed by atoms with Crippen LogP contribution < -0.4 is 25.2 Å².